The summed E-state index contributed by atoms with van der Waals surface area (Å²) in [6.45, 7) is 8.14. The number of carbonyl (C=O) groups is 1. The topological polar surface area (TPSA) is 101 Å². The lowest BCUT2D eigenvalue weighted by atomic mass is 10.1. The highest BCUT2D eigenvalue weighted by Gasteiger charge is 2.13. The Morgan fingerprint density at radius 1 is 1.14 bits per heavy atom. The third-order valence-corrected chi connectivity index (χ3v) is 6.61. The Bertz CT molecular complexity index is 928. The maximum atomic E-state index is 12.3. The van der Waals surface area contributed by atoms with E-state index in [1.54, 1.807) is 12.1 Å². The van der Waals surface area contributed by atoms with Gasteiger partial charge in [0.05, 0.1) is 10.9 Å². The van der Waals surface area contributed by atoms with Gasteiger partial charge >= 0.3 is 6.03 Å². The molecule has 0 bridgehead atoms. The van der Waals surface area contributed by atoms with E-state index in [0.717, 1.165) is 23.2 Å². The molecule has 28 heavy (non-hydrogen) atoms. The fourth-order valence-corrected chi connectivity index (χ4v) is 4.09. The molecule has 0 fully saturated rings. The summed E-state index contributed by atoms with van der Waals surface area (Å²) in [5.41, 5.74) is 2.52. The summed E-state index contributed by atoms with van der Waals surface area (Å²) in [6, 6.07) is 11.5. The van der Waals surface area contributed by atoms with Gasteiger partial charge in [0.2, 0.25) is 10.0 Å². The van der Waals surface area contributed by atoms with Crippen molar-refractivity contribution in [3.05, 3.63) is 53.6 Å². The van der Waals surface area contributed by atoms with Crippen molar-refractivity contribution in [2.45, 2.75) is 55.2 Å². The number of hydrogen-bond donors (Lipinski definition) is 3. The molecule has 0 aliphatic carbocycles. The number of primary sulfonamides is 1. The van der Waals surface area contributed by atoms with Crippen LogP contribution < -0.4 is 15.8 Å². The number of amides is 2. The lowest BCUT2D eigenvalue weighted by Crippen LogP contribution is -2.31. The Morgan fingerprint density at radius 3 is 2.32 bits per heavy atom. The van der Waals surface area contributed by atoms with Crippen molar-refractivity contribution in [2.75, 3.05) is 5.32 Å². The van der Waals surface area contributed by atoms with Crippen LogP contribution in [0.2, 0.25) is 0 Å². The molecule has 0 spiro atoms. The van der Waals surface area contributed by atoms with Gasteiger partial charge in [-0.1, -0.05) is 26.0 Å². The average Bonchev–Trinajstić information content (AvgIpc) is 2.63. The van der Waals surface area contributed by atoms with Crippen molar-refractivity contribution in [1.82, 2.24) is 5.32 Å². The van der Waals surface area contributed by atoms with Gasteiger partial charge < -0.3 is 10.6 Å². The molecule has 2 aromatic rings. The minimum Gasteiger partial charge on any atom is -0.331 e. The average molecular weight is 422 g/mol. The predicted molar refractivity (Wildman–Crippen MR) is 115 cm³/mol. The van der Waals surface area contributed by atoms with Crippen LogP contribution in [0.5, 0.6) is 0 Å². The summed E-state index contributed by atoms with van der Waals surface area (Å²) in [6.07, 6.45) is 1.10. The molecule has 4 N–H and O–H groups in total. The zero-order valence-electron chi connectivity index (χ0n) is 16.5. The van der Waals surface area contributed by atoms with Crippen molar-refractivity contribution < 1.29 is 13.2 Å². The van der Waals surface area contributed by atoms with Gasteiger partial charge in [-0.2, -0.15) is 0 Å². The molecule has 0 aromatic heterocycles. The Labute approximate surface area is 171 Å². The van der Waals surface area contributed by atoms with Crippen molar-refractivity contribution >= 4 is 33.5 Å². The van der Waals surface area contributed by atoms with Crippen molar-refractivity contribution in [3.8, 4) is 0 Å². The van der Waals surface area contributed by atoms with Gasteiger partial charge in [-0.25, -0.2) is 18.4 Å². The first-order valence-corrected chi connectivity index (χ1v) is 11.5. The summed E-state index contributed by atoms with van der Waals surface area (Å²) >= 11 is 1.82. The number of aryl methyl sites for hydroxylation is 1. The molecule has 0 heterocycles. The second kappa shape index (κ2) is 9.45. The Morgan fingerprint density at radius 2 is 1.79 bits per heavy atom. The van der Waals surface area contributed by atoms with Crippen LogP contribution in [0, 0.1) is 6.92 Å². The van der Waals surface area contributed by atoms with Gasteiger partial charge in [0.15, 0.2) is 0 Å². The molecule has 2 rings (SSSR count). The zero-order chi connectivity index (χ0) is 20.9. The van der Waals surface area contributed by atoms with Gasteiger partial charge in [-0.05, 0) is 61.7 Å². The SMILES string of the molecule is CCC(C)Sc1ccc(NC(=O)NC(C)c2ccc(S(N)(=O)=O)cc2)c(C)c1. The van der Waals surface area contributed by atoms with E-state index in [-0.39, 0.29) is 17.0 Å². The summed E-state index contributed by atoms with van der Waals surface area (Å²) in [4.78, 5) is 13.6. The fraction of sp³-hybridized carbons (Fsp3) is 0.350. The van der Waals surface area contributed by atoms with E-state index in [0.29, 0.717) is 5.25 Å². The summed E-state index contributed by atoms with van der Waals surface area (Å²) in [5.74, 6) is 0. The maximum Gasteiger partial charge on any atom is 0.319 e. The monoisotopic (exact) mass is 421 g/mol. The lowest BCUT2D eigenvalue weighted by molar-refractivity contribution is 0.249. The highest BCUT2D eigenvalue weighted by atomic mass is 32.2. The highest BCUT2D eigenvalue weighted by Crippen LogP contribution is 2.28. The van der Waals surface area contributed by atoms with Crippen LogP contribution >= 0.6 is 11.8 Å². The number of nitrogens with one attached hydrogen (secondary N) is 2. The number of nitrogens with two attached hydrogens (primary N) is 1. The number of thioether (sulfide) groups is 1. The van der Waals surface area contributed by atoms with E-state index < -0.39 is 10.0 Å². The third-order valence-electron chi connectivity index (χ3n) is 4.41. The third kappa shape index (κ3) is 6.25. The largest absolute Gasteiger partial charge is 0.331 e. The van der Waals surface area contributed by atoms with E-state index in [9.17, 15) is 13.2 Å². The molecule has 2 unspecified atom stereocenters. The molecule has 0 aliphatic rings. The van der Waals surface area contributed by atoms with Crippen LogP contribution in [-0.4, -0.2) is 19.7 Å². The molecule has 0 aliphatic heterocycles. The Kier molecular flexibility index (Phi) is 7.51. The molecule has 0 saturated carbocycles. The summed E-state index contributed by atoms with van der Waals surface area (Å²) in [7, 11) is -3.73. The molecule has 2 atom stereocenters. The zero-order valence-corrected chi connectivity index (χ0v) is 18.2. The van der Waals surface area contributed by atoms with Crippen LogP contribution in [0.1, 0.15) is 44.4 Å². The van der Waals surface area contributed by atoms with Crippen LogP contribution in [0.15, 0.2) is 52.3 Å². The lowest BCUT2D eigenvalue weighted by Gasteiger charge is -2.17. The van der Waals surface area contributed by atoms with Crippen molar-refractivity contribution in [2.24, 2.45) is 5.14 Å². The van der Waals surface area contributed by atoms with Crippen molar-refractivity contribution in [1.29, 1.82) is 0 Å². The first-order valence-electron chi connectivity index (χ1n) is 9.07. The van der Waals surface area contributed by atoms with E-state index >= 15 is 0 Å². The summed E-state index contributed by atoms with van der Waals surface area (Å²) < 4.78 is 22.6. The van der Waals surface area contributed by atoms with E-state index in [4.69, 9.17) is 5.14 Å². The highest BCUT2D eigenvalue weighted by molar-refractivity contribution is 7.99. The number of carbonyl (C=O) groups excluding carboxylic acids is 1. The second-order valence-corrected chi connectivity index (χ2v) is 9.82. The minimum atomic E-state index is -3.73. The van der Waals surface area contributed by atoms with E-state index in [1.165, 1.54) is 17.0 Å². The van der Waals surface area contributed by atoms with Gasteiger partial charge in [-0.3, -0.25) is 0 Å². The van der Waals surface area contributed by atoms with Crippen LogP contribution in [0.4, 0.5) is 10.5 Å². The van der Waals surface area contributed by atoms with Gasteiger partial charge in [0.1, 0.15) is 0 Å². The molecule has 6 nitrogen and oxygen atoms in total. The molecular formula is C20H27N3O3S2. The van der Waals surface area contributed by atoms with Crippen LogP contribution in [0.25, 0.3) is 0 Å². The maximum absolute atomic E-state index is 12.3. The number of hydrogen-bond acceptors (Lipinski definition) is 4. The normalized spacial score (nSPS) is 13.6. The van der Waals surface area contributed by atoms with Crippen LogP contribution in [0.3, 0.4) is 0 Å². The quantitative estimate of drug-likeness (QED) is 0.576. The van der Waals surface area contributed by atoms with E-state index in [2.05, 4.69) is 30.5 Å². The number of benzene rings is 2. The second-order valence-electron chi connectivity index (χ2n) is 6.75. The summed E-state index contributed by atoms with van der Waals surface area (Å²) in [5, 5.41) is 11.4. The molecule has 8 heteroatoms. The fourth-order valence-electron chi connectivity index (χ4n) is 2.55. The number of rotatable bonds is 7. The molecule has 2 amide bonds. The molecule has 2 aromatic carbocycles. The van der Waals surface area contributed by atoms with Gasteiger partial charge in [-0.15, -0.1) is 11.8 Å². The van der Waals surface area contributed by atoms with Crippen molar-refractivity contribution in [3.63, 3.8) is 0 Å². The molecule has 0 saturated heterocycles. The smallest absolute Gasteiger partial charge is 0.319 e. The standard InChI is InChI=1S/C20H27N3O3S2/c1-5-14(3)27-17-8-11-19(13(2)12-17)23-20(24)22-15(4)16-6-9-18(10-7-16)28(21,25)26/h6-12,14-15H,5H2,1-4H3,(H2,21,25,26)(H2,22,23,24). The molecule has 0 radical (unpaired) electrons. The number of urea groups is 1. The number of anilines is 1. The predicted octanol–water partition coefficient (Wildman–Crippen LogP) is 4.42. The van der Waals surface area contributed by atoms with Gasteiger partial charge in [0, 0.05) is 15.8 Å². The minimum absolute atomic E-state index is 0.0406. The first-order chi connectivity index (χ1) is 13.1. The number of sulfonamides is 1. The van der Waals surface area contributed by atoms with E-state index in [1.807, 2.05) is 37.7 Å². The molecular weight excluding hydrogens is 394 g/mol. The van der Waals surface area contributed by atoms with Crippen LogP contribution in [-0.2, 0) is 10.0 Å². The first kappa shape index (κ1) is 22.3. The Hall–Kier alpha value is -2.03. The Balaban J connectivity index is 1.99. The molecule has 152 valence electrons. The van der Waals surface area contributed by atoms with Gasteiger partial charge in [0.25, 0.3) is 0 Å².